The van der Waals surface area contributed by atoms with Crippen molar-refractivity contribution in [1.29, 1.82) is 0 Å². The van der Waals surface area contributed by atoms with Crippen LogP contribution in [0.25, 0.3) is 33.1 Å². The van der Waals surface area contributed by atoms with E-state index < -0.39 is 17.6 Å². The number of rotatable bonds is 10. The monoisotopic (exact) mass is 664 g/mol. The Morgan fingerprint density at radius 3 is 2.45 bits per heavy atom. The summed E-state index contributed by atoms with van der Waals surface area (Å²) in [5.41, 5.74) is 6.46. The number of carbonyl (C=O) groups excluding carboxylic acids is 3. The van der Waals surface area contributed by atoms with E-state index >= 15 is 0 Å². The zero-order chi connectivity index (χ0) is 34.7. The maximum atomic E-state index is 13.8. The maximum absolute atomic E-state index is 13.8. The van der Waals surface area contributed by atoms with E-state index in [4.69, 9.17) is 4.74 Å². The third-order valence-corrected chi connectivity index (χ3v) is 9.41. The molecule has 1 aliphatic rings. The molecule has 1 aliphatic carbocycles. The standard InChI is InChI=1S/C38H44N6O5/c1-22-15-32-33(41-21-40-32)19-30(22)25-9-5-23(6-10-25)16-27(35(46)42-28-13-14-29-31(18-28)43-44-36(29)47)17-34(45)26-11-7-24(8-12-26)20-39-37(48)49-38(2,3)4/h5-6,9-10,13-15,18-19,21,24,26-27H,7-8,11-12,16-17,20H2,1-4H3,(H,39,48)(H,40,41)(H,42,46)(H2,43,44,47)/t24?,26?,27-/m1/s1. The van der Waals surface area contributed by atoms with Gasteiger partial charge in [0, 0.05) is 30.5 Å². The summed E-state index contributed by atoms with van der Waals surface area (Å²) < 4.78 is 5.35. The number of ketones is 1. The van der Waals surface area contributed by atoms with Crippen molar-refractivity contribution in [3.63, 3.8) is 0 Å². The van der Waals surface area contributed by atoms with Crippen molar-refractivity contribution in [3.05, 3.63) is 82.4 Å². The largest absolute Gasteiger partial charge is 0.444 e. The smallest absolute Gasteiger partial charge is 0.407 e. The highest BCUT2D eigenvalue weighted by Crippen LogP contribution is 2.32. The van der Waals surface area contributed by atoms with Crippen LogP contribution in [0.2, 0.25) is 0 Å². The van der Waals surface area contributed by atoms with E-state index in [1.165, 1.54) is 0 Å². The number of hydrogen-bond acceptors (Lipinski definition) is 6. The minimum Gasteiger partial charge on any atom is -0.444 e. The van der Waals surface area contributed by atoms with Gasteiger partial charge in [0.05, 0.1) is 28.3 Å². The fraction of sp³-hybridized carbons (Fsp3) is 0.395. The van der Waals surface area contributed by atoms with Crippen LogP contribution in [0.15, 0.2) is 65.7 Å². The molecular weight excluding hydrogens is 620 g/mol. The average molecular weight is 665 g/mol. The fourth-order valence-electron chi connectivity index (χ4n) is 6.76. The van der Waals surface area contributed by atoms with Gasteiger partial charge in [-0.05, 0) is 118 Å². The third kappa shape index (κ3) is 8.28. The van der Waals surface area contributed by atoms with Gasteiger partial charge in [-0.3, -0.25) is 24.6 Å². The van der Waals surface area contributed by atoms with Crippen LogP contribution in [0.1, 0.15) is 64.0 Å². The van der Waals surface area contributed by atoms with Gasteiger partial charge in [-0.15, -0.1) is 0 Å². The minimum atomic E-state index is -0.590. The SMILES string of the molecule is Cc1cc2[nH]cnc2cc1-c1ccc(C[C@H](CC(=O)C2CCC(CNC(=O)OC(C)(C)C)CC2)C(=O)Nc2ccc3c(=O)[nH][nH]c3c2)cc1. The van der Waals surface area contributed by atoms with E-state index in [2.05, 4.69) is 62.0 Å². The molecule has 5 aromatic rings. The normalized spacial score (nSPS) is 17.1. The summed E-state index contributed by atoms with van der Waals surface area (Å²) in [7, 11) is 0. The van der Waals surface area contributed by atoms with Gasteiger partial charge >= 0.3 is 6.09 Å². The Kier molecular flexibility index (Phi) is 9.71. The lowest BCUT2D eigenvalue weighted by Crippen LogP contribution is -2.37. The number of benzene rings is 3. The molecule has 256 valence electrons. The summed E-state index contributed by atoms with van der Waals surface area (Å²) in [6, 6.07) is 17.4. The number of Topliss-reactive ketones (excluding diaryl/α,β-unsaturated/α-hetero) is 1. The average Bonchev–Trinajstić information content (AvgIpc) is 3.68. The van der Waals surface area contributed by atoms with Crippen LogP contribution in [-0.4, -0.2) is 50.1 Å². The molecule has 0 radical (unpaired) electrons. The Hall–Kier alpha value is -5.19. The number of nitrogens with zero attached hydrogens (tertiary/aromatic N) is 1. The summed E-state index contributed by atoms with van der Waals surface area (Å²) >= 11 is 0. The van der Waals surface area contributed by atoms with E-state index in [9.17, 15) is 19.2 Å². The second-order valence-electron chi connectivity index (χ2n) is 14.3. The van der Waals surface area contributed by atoms with Crippen LogP contribution < -0.4 is 16.2 Å². The number of hydrogen-bond donors (Lipinski definition) is 5. The second-order valence-corrected chi connectivity index (χ2v) is 14.3. The number of amides is 2. The number of aromatic nitrogens is 4. The molecule has 11 nitrogen and oxygen atoms in total. The lowest BCUT2D eigenvalue weighted by atomic mass is 9.77. The summed E-state index contributed by atoms with van der Waals surface area (Å²) in [4.78, 5) is 59.1. The highest BCUT2D eigenvalue weighted by molar-refractivity contribution is 5.97. The summed E-state index contributed by atoms with van der Waals surface area (Å²) in [6.07, 6.45) is 4.87. The number of ether oxygens (including phenoxy) is 1. The Balaban J connectivity index is 1.13. The number of fused-ring (bicyclic) bond motifs is 2. The number of H-pyrrole nitrogens is 3. The van der Waals surface area contributed by atoms with Gasteiger partial charge in [-0.25, -0.2) is 9.78 Å². The van der Waals surface area contributed by atoms with Gasteiger partial charge in [-0.1, -0.05) is 24.3 Å². The van der Waals surface area contributed by atoms with Gasteiger partial charge in [0.25, 0.3) is 5.56 Å². The van der Waals surface area contributed by atoms with Crippen LogP contribution in [0, 0.1) is 24.7 Å². The number of aryl methyl sites for hydroxylation is 1. The Morgan fingerprint density at radius 1 is 0.959 bits per heavy atom. The molecule has 2 amide bonds. The molecular formula is C38H44N6O5. The number of anilines is 1. The van der Waals surface area contributed by atoms with Crippen LogP contribution in [-0.2, 0) is 20.7 Å². The van der Waals surface area contributed by atoms with Crippen LogP contribution in [0.3, 0.4) is 0 Å². The van der Waals surface area contributed by atoms with Crippen molar-refractivity contribution in [1.82, 2.24) is 25.5 Å². The van der Waals surface area contributed by atoms with Crippen molar-refractivity contribution in [2.24, 2.45) is 17.8 Å². The van der Waals surface area contributed by atoms with Crippen molar-refractivity contribution >= 4 is 45.4 Å². The molecule has 1 atom stereocenters. The topological polar surface area (TPSA) is 162 Å². The minimum absolute atomic E-state index is 0.0867. The van der Waals surface area contributed by atoms with Gasteiger partial charge in [-0.2, -0.15) is 0 Å². The number of nitrogens with one attached hydrogen (secondary N) is 5. The third-order valence-electron chi connectivity index (χ3n) is 9.41. The molecule has 0 unspecified atom stereocenters. The molecule has 1 saturated carbocycles. The van der Waals surface area contributed by atoms with Crippen molar-refractivity contribution < 1.29 is 19.1 Å². The molecule has 0 spiro atoms. The van der Waals surface area contributed by atoms with Crippen LogP contribution in [0.5, 0.6) is 0 Å². The first kappa shape index (κ1) is 33.7. The second kappa shape index (κ2) is 14.1. The Labute approximate surface area is 284 Å². The fourth-order valence-corrected chi connectivity index (χ4v) is 6.76. The van der Waals surface area contributed by atoms with Crippen molar-refractivity contribution in [2.45, 2.75) is 71.8 Å². The van der Waals surface area contributed by atoms with Crippen LogP contribution >= 0.6 is 0 Å². The Morgan fingerprint density at radius 2 is 1.71 bits per heavy atom. The number of imidazole rings is 1. The van der Waals surface area contributed by atoms with E-state index in [-0.39, 0.29) is 35.5 Å². The maximum Gasteiger partial charge on any atom is 0.407 e. The number of aromatic amines is 3. The first-order valence-electron chi connectivity index (χ1n) is 17.0. The van der Waals surface area contributed by atoms with E-state index in [1.807, 2.05) is 32.9 Å². The molecule has 0 bridgehead atoms. The number of alkyl carbamates (subject to hydrolysis) is 1. The van der Waals surface area contributed by atoms with Gasteiger partial charge in [0.15, 0.2) is 0 Å². The van der Waals surface area contributed by atoms with E-state index in [0.29, 0.717) is 29.6 Å². The lowest BCUT2D eigenvalue weighted by molar-refractivity contribution is -0.129. The summed E-state index contributed by atoms with van der Waals surface area (Å²) in [5.74, 6) is -0.598. The highest BCUT2D eigenvalue weighted by Gasteiger charge is 2.31. The first-order valence-corrected chi connectivity index (χ1v) is 17.0. The molecule has 3 aromatic carbocycles. The molecule has 5 N–H and O–H groups in total. The quantitative estimate of drug-likeness (QED) is 0.110. The lowest BCUT2D eigenvalue weighted by Gasteiger charge is -2.29. The first-order chi connectivity index (χ1) is 23.4. The molecule has 6 rings (SSSR count). The predicted octanol–water partition coefficient (Wildman–Crippen LogP) is 6.80. The van der Waals surface area contributed by atoms with Gasteiger partial charge in [0.2, 0.25) is 5.91 Å². The van der Waals surface area contributed by atoms with Crippen LogP contribution in [0.4, 0.5) is 10.5 Å². The summed E-state index contributed by atoms with van der Waals surface area (Å²) in [6.45, 7) is 8.08. The molecule has 0 saturated heterocycles. The molecule has 1 fully saturated rings. The molecule has 2 aromatic heterocycles. The summed E-state index contributed by atoms with van der Waals surface area (Å²) in [5, 5.41) is 11.7. The van der Waals surface area contributed by atoms with E-state index in [1.54, 1.807) is 24.5 Å². The predicted molar refractivity (Wildman–Crippen MR) is 190 cm³/mol. The highest BCUT2D eigenvalue weighted by atomic mass is 16.6. The Bertz CT molecular complexity index is 2030. The van der Waals surface area contributed by atoms with Crippen molar-refractivity contribution in [2.75, 3.05) is 11.9 Å². The molecule has 2 heterocycles. The van der Waals surface area contributed by atoms with Crippen molar-refractivity contribution in [3.8, 4) is 11.1 Å². The van der Waals surface area contributed by atoms with E-state index in [0.717, 1.165) is 59.0 Å². The zero-order valence-corrected chi connectivity index (χ0v) is 28.4. The van der Waals surface area contributed by atoms with Gasteiger partial charge < -0.3 is 20.4 Å². The molecule has 49 heavy (non-hydrogen) atoms. The molecule has 11 heteroatoms. The van der Waals surface area contributed by atoms with Gasteiger partial charge in [0.1, 0.15) is 11.4 Å². The number of carbonyl (C=O) groups is 3. The zero-order valence-electron chi connectivity index (χ0n) is 28.4. The molecule has 0 aliphatic heterocycles.